The Balaban J connectivity index is 2.51. The lowest BCUT2D eigenvalue weighted by atomic mass is 10.1. The van der Waals surface area contributed by atoms with Gasteiger partial charge in [0.25, 0.3) is 0 Å². The van der Waals surface area contributed by atoms with E-state index in [0.717, 1.165) is 9.35 Å². The third kappa shape index (κ3) is 2.97. The van der Waals surface area contributed by atoms with Gasteiger partial charge in [0, 0.05) is 10.4 Å². The van der Waals surface area contributed by atoms with Gasteiger partial charge >= 0.3 is 0 Å². The molecule has 0 aliphatic rings. The molecule has 0 amide bonds. The van der Waals surface area contributed by atoms with Gasteiger partial charge in [-0.2, -0.15) is 0 Å². The highest BCUT2D eigenvalue weighted by Crippen LogP contribution is 2.47. The summed E-state index contributed by atoms with van der Waals surface area (Å²) in [5.74, 6) is 1.94. The van der Waals surface area contributed by atoms with E-state index in [9.17, 15) is 0 Å². The Morgan fingerprint density at radius 3 is 2.15 bits per heavy atom. The molecule has 0 saturated heterocycles. The molecule has 1 atom stereocenters. The summed E-state index contributed by atoms with van der Waals surface area (Å²) >= 11 is 8.88. The summed E-state index contributed by atoms with van der Waals surface area (Å²) in [5, 5.41) is 0. The summed E-state index contributed by atoms with van der Waals surface area (Å²) in [6.07, 6.45) is 0. The maximum absolute atomic E-state index is 5.52. The monoisotopic (exact) mass is 420 g/mol. The topological polar surface area (TPSA) is 27.7 Å². The third-order valence-electron chi connectivity index (χ3n) is 2.85. The summed E-state index contributed by atoms with van der Waals surface area (Å²) in [7, 11) is 4.85. The van der Waals surface area contributed by atoms with Crippen molar-refractivity contribution in [3.8, 4) is 17.2 Å². The van der Waals surface area contributed by atoms with E-state index >= 15 is 0 Å². The number of halogens is 2. The highest BCUT2D eigenvalue weighted by atomic mass is 79.9. The molecule has 0 aliphatic heterocycles. The van der Waals surface area contributed by atoms with Crippen LogP contribution in [0, 0.1) is 0 Å². The second kappa shape index (κ2) is 6.83. The second-order valence-electron chi connectivity index (χ2n) is 3.93. The molecule has 3 nitrogen and oxygen atoms in total. The van der Waals surface area contributed by atoms with Crippen molar-refractivity contribution in [3.63, 3.8) is 0 Å². The first-order valence-electron chi connectivity index (χ1n) is 5.80. The van der Waals surface area contributed by atoms with Crippen LogP contribution < -0.4 is 14.2 Å². The first kappa shape index (κ1) is 15.7. The van der Waals surface area contributed by atoms with Gasteiger partial charge in [0.05, 0.1) is 29.9 Å². The Labute approximate surface area is 139 Å². The van der Waals surface area contributed by atoms with Crippen LogP contribution in [0.15, 0.2) is 28.1 Å². The van der Waals surface area contributed by atoms with Crippen LogP contribution in [-0.4, -0.2) is 21.3 Å². The quantitative estimate of drug-likeness (QED) is 0.634. The number of alkyl halides is 1. The van der Waals surface area contributed by atoms with E-state index < -0.39 is 0 Å². The molecule has 0 saturated carbocycles. The van der Waals surface area contributed by atoms with E-state index in [-0.39, 0.29) is 4.83 Å². The number of ether oxygens (including phenoxy) is 3. The maximum atomic E-state index is 5.52. The highest BCUT2D eigenvalue weighted by molar-refractivity contribution is 9.11. The Bertz CT molecular complexity index is 598. The third-order valence-corrected chi connectivity index (χ3v) is 5.83. The van der Waals surface area contributed by atoms with Gasteiger partial charge in [0.1, 0.15) is 0 Å². The minimum atomic E-state index is 0.0357. The number of rotatable bonds is 5. The molecule has 108 valence electrons. The number of benzene rings is 1. The zero-order chi connectivity index (χ0) is 14.7. The fraction of sp³-hybridized carbons (Fsp3) is 0.286. The van der Waals surface area contributed by atoms with Gasteiger partial charge in [-0.15, -0.1) is 11.3 Å². The SMILES string of the molecule is COc1ccc(C(Br)c2ccc(Br)s2)c(OC)c1OC. The number of hydrogen-bond donors (Lipinski definition) is 0. The largest absolute Gasteiger partial charge is 0.493 e. The maximum Gasteiger partial charge on any atom is 0.203 e. The van der Waals surface area contributed by atoms with Crippen molar-refractivity contribution < 1.29 is 14.2 Å². The predicted molar refractivity (Wildman–Crippen MR) is 88.9 cm³/mol. The molecule has 1 heterocycles. The van der Waals surface area contributed by atoms with Crippen LogP contribution in [0.1, 0.15) is 15.3 Å². The molecule has 6 heteroatoms. The van der Waals surface area contributed by atoms with Crippen molar-refractivity contribution in [1.29, 1.82) is 0 Å². The van der Waals surface area contributed by atoms with E-state index in [0.29, 0.717) is 17.2 Å². The van der Waals surface area contributed by atoms with Crippen molar-refractivity contribution in [2.45, 2.75) is 4.83 Å². The summed E-state index contributed by atoms with van der Waals surface area (Å²) in [6.45, 7) is 0. The lowest BCUT2D eigenvalue weighted by Gasteiger charge is -2.18. The number of thiophene rings is 1. The van der Waals surface area contributed by atoms with E-state index in [4.69, 9.17) is 14.2 Å². The molecule has 20 heavy (non-hydrogen) atoms. The molecule has 0 aliphatic carbocycles. The molecule has 2 rings (SSSR count). The van der Waals surface area contributed by atoms with Crippen LogP contribution in [0.25, 0.3) is 0 Å². The van der Waals surface area contributed by atoms with Gasteiger partial charge in [-0.25, -0.2) is 0 Å². The van der Waals surface area contributed by atoms with Crippen molar-refractivity contribution in [2.24, 2.45) is 0 Å². The summed E-state index contributed by atoms with van der Waals surface area (Å²) in [6, 6.07) is 7.96. The van der Waals surface area contributed by atoms with Gasteiger partial charge < -0.3 is 14.2 Å². The molecule has 0 N–H and O–H groups in total. The molecular formula is C14H14Br2O3S. The minimum absolute atomic E-state index is 0.0357. The molecule has 0 bridgehead atoms. The van der Waals surface area contributed by atoms with E-state index in [1.807, 2.05) is 18.2 Å². The fourth-order valence-electron chi connectivity index (χ4n) is 1.94. The molecule has 1 aromatic heterocycles. The van der Waals surface area contributed by atoms with E-state index in [1.54, 1.807) is 32.7 Å². The van der Waals surface area contributed by atoms with Crippen molar-refractivity contribution >= 4 is 43.2 Å². The zero-order valence-corrected chi connectivity index (χ0v) is 15.3. The lowest BCUT2D eigenvalue weighted by molar-refractivity contribution is 0.322. The van der Waals surface area contributed by atoms with Crippen LogP contribution in [0.5, 0.6) is 17.2 Å². The van der Waals surface area contributed by atoms with Gasteiger partial charge in [0.15, 0.2) is 11.5 Å². The smallest absolute Gasteiger partial charge is 0.203 e. The molecule has 0 radical (unpaired) electrons. The summed E-state index contributed by atoms with van der Waals surface area (Å²) in [5.41, 5.74) is 1.000. The number of methoxy groups -OCH3 is 3. The summed E-state index contributed by atoms with van der Waals surface area (Å²) < 4.78 is 17.3. The highest BCUT2D eigenvalue weighted by Gasteiger charge is 2.22. The Morgan fingerprint density at radius 2 is 1.65 bits per heavy atom. The second-order valence-corrected chi connectivity index (χ2v) is 7.34. The minimum Gasteiger partial charge on any atom is -0.493 e. The average molecular weight is 422 g/mol. The van der Waals surface area contributed by atoms with Crippen LogP contribution in [-0.2, 0) is 0 Å². The van der Waals surface area contributed by atoms with Crippen LogP contribution in [0.2, 0.25) is 0 Å². The first-order valence-corrected chi connectivity index (χ1v) is 8.33. The molecule has 2 aromatic rings. The van der Waals surface area contributed by atoms with Gasteiger partial charge in [0.2, 0.25) is 5.75 Å². The average Bonchev–Trinajstić information content (AvgIpc) is 2.91. The predicted octanol–water partition coefficient (Wildman–Crippen LogP) is 5.02. The van der Waals surface area contributed by atoms with Crippen molar-refractivity contribution in [1.82, 2.24) is 0 Å². The van der Waals surface area contributed by atoms with Gasteiger partial charge in [-0.3, -0.25) is 0 Å². The van der Waals surface area contributed by atoms with E-state index in [1.165, 1.54) is 4.88 Å². The molecular weight excluding hydrogens is 408 g/mol. The van der Waals surface area contributed by atoms with E-state index in [2.05, 4.69) is 37.9 Å². The standard InChI is InChI=1S/C14H14Br2O3S/c1-17-9-5-4-8(13(18-2)14(9)19-3)12(16)10-6-7-11(15)20-10/h4-7,12H,1-3H3. The number of hydrogen-bond acceptors (Lipinski definition) is 4. The molecule has 0 spiro atoms. The lowest BCUT2D eigenvalue weighted by Crippen LogP contribution is -2.00. The first-order chi connectivity index (χ1) is 9.62. The van der Waals surface area contributed by atoms with Crippen LogP contribution in [0.4, 0.5) is 0 Å². The molecule has 0 fully saturated rings. The normalized spacial score (nSPS) is 12.1. The van der Waals surface area contributed by atoms with Gasteiger partial charge in [-0.05, 0) is 40.2 Å². The summed E-state index contributed by atoms with van der Waals surface area (Å²) in [4.78, 5) is 1.22. The Hall–Kier alpha value is -0.720. The Morgan fingerprint density at radius 1 is 0.950 bits per heavy atom. The van der Waals surface area contributed by atoms with Crippen LogP contribution >= 0.6 is 43.2 Å². The fourth-order valence-corrected chi connectivity index (χ4v) is 4.16. The van der Waals surface area contributed by atoms with Gasteiger partial charge in [-0.1, -0.05) is 15.9 Å². The molecule has 1 aromatic carbocycles. The van der Waals surface area contributed by atoms with Crippen molar-refractivity contribution in [2.75, 3.05) is 21.3 Å². The molecule has 1 unspecified atom stereocenters. The van der Waals surface area contributed by atoms with Crippen molar-refractivity contribution in [3.05, 3.63) is 38.5 Å². The van der Waals surface area contributed by atoms with Crippen LogP contribution in [0.3, 0.4) is 0 Å². The zero-order valence-electron chi connectivity index (χ0n) is 11.3. The Kier molecular flexibility index (Phi) is 5.35.